The summed E-state index contributed by atoms with van der Waals surface area (Å²) >= 11 is 6.22. The molecular formula is C29H34ClN3O4S. The second-order valence-corrected chi connectivity index (χ2v) is 11.9. The standard InChI is InChI=1S/C29H34ClN3O4S/c1-21(2)31-29(35)27(18-23-12-6-5-7-13-23)32(19-24-14-10-15-25(30)17-24)28(34)20-33(38(4,36)37)26-16-9-8-11-22(26)3/h5-17,21,27H,18-20H2,1-4H3,(H,31,35)/t27-/m0/s1. The molecule has 3 rings (SSSR count). The molecule has 0 saturated carbocycles. The molecule has 0 aliphatic heterocycles. The molecule has 0 aliphatic carbocycles. The fourth-order valence-corrected chi connectivity index (χ4v) is 5.32. The van der Waals surface area contributed by atoms with E-state index in [1.807, 2.05) is 50.2 Å². The van der Waals surface area contributed by atoms with E-state index in [2.05, 4.69) is 5.32 Å². The van der Waals surface area contributed by atoms with Crippen molar-refractivity contribution in [2.75, 3.05) is 17.1 Å². The zero-order chi connectivity index (χ0) is 27.9. The molecule has 0 bridgehead atoms. The number of carbonyl (C=O) groups is 2. The number of aryl methyl sites for hydroxylation is 1. The maximum atomic E-state index is 14.0. The summed E-state index contributed by atoms with van der Waals surface area (Å²) in [5.74, 6) is -0.820. The first-order chi connectivity index (χ1) is 18.0. The van der Waals surface area contributed by atoms with Gasteiger partial charge in [-0.25, -0.2) is 8.42 Å². The number of sulfonamides is 1. The van der Waals surface area contributed by atoms with E-state index in [0.717, 1.165) is 21.7 Å². The van der Waals surface area contributed by atoms with Crippen LogP contribution >= 0.6 is 11.6 Å². The summed E-state index contributed by atoms with van der Waals surface area (Å²) in [5, 5.41) is 3.43. The van der Waals surface area contributed by atoms with Gasteiger partial charge in [-0.1, -0.05) is 72.3 Å². The maximum Gasteiger partial charge on any atom is 0.244 e. The Morgan fingerprint density at radius 2 is 1.55 bits per heavy atom. The number of hydrogen-bond acceptors (Lipinski definition) is 4. The first kappa shape index (κ1) is 29.2. The van der Waals surface area contributed by atoms with E-state index < -0.39 is 28.5 Å². The van der Waals surface area contributed by atoms with Crippen LogP contribution in [0.5, 0.6) is 0 Å². The molecule has 0 heterocycles. The van der Waals surface area contributed by atoms with Crippen LogP contribution in [0.25, 0.3) is 0 Å². The highest BCUT2D eigenvalue weighted by molar-refractivity contribution is 7.92. The molecule has 1 N–H and O–H groups in total. The molecule has 0 aromatic heterocycles. The second-order valence-electron chi connectivity index (χ2n) is 9.58. The van der Waals surface area contributed by atoms with Crippen LogP contribution in [-0.2, 0) is 32.6 Å². The Hall–Kier alpha value is -3.36. The molecule has 0 aliphatic rings. The van der Waals surface area contributed by atoms with Gasteiger partial charge in [-0.05, 0) is 55.7 Å². The molecule has 202 valence electrons. The average molecular weight is 556 g/mol. The molecule has 0 radical (unpaired) electrons. The van der Waals surface area contributed by atoms with E-state index in [1.54, 1.807) is 49.4 Å². The Labute approximate surface area is 230 Å². The molecule has 7 nitrogen and oxygen atoms in total. The van der Waals surface area contributed by atoms with E-state index in [0.29, 0.717) is 16.3 Å². The highest BCUT2D eigenvalue weighted by atomic mass is 35.5. The Morgan fingerprint density at radius 1 is 0.921 bits per heavy atom. The average Bonchev–Trinajstić information content (AvgIpc) is 2.84. The van der Waals surface area contributed by atoms with Crippen molar-refractivity contribution in [2.45, 2.75) is 45.8 Å². The zero-order valence-corrected chi connectivity index (χ0v) is 23.7. The number of nitrogens with zero attached hydrogens (tertiary/aromatic N) is 2. The third-order valence-corrected chi connectivity index (χ3v) is 7.37. The SMILES string of the molecule is Cc1ccccc1N(CC(=O)N(Cc1cccc(Cl)c1)[C@@H](Cc1ccccc1)C(=O)NC(C)C)S(C)(=O)=O. The van der Waals surface area contributed by atoms with Crippen molar-refractivity contribution in [1.82, 2.24) is 10.2 Å². The van der Waals surface area contributed by atoms with Crippen molar-refractivity contribution in [2.24, 2.45) is 0 Å². The fraction of sp³-hybridized carbons (Fsp3) is 0.310. The number of carbonyl (C=O) groups excluding carboxylic acids is 2. The zero-order valence-electron chi connectivity index (χ0n) is 22.1. The summed E-state index contributed by atoms with van der Waals surface area (Å²) in [6.07, 6.45) is 1.33. The lowest BCUT2D eigenvalue weighted by Crippen LogP contribution is -2.54. The van der Waals surface area contributed by atoms with Gasteiger partial charge in [0.25, 0.3) is 0 Å². The van der Waals surface area contributed by atoms with Crippen molar-refractivity contribution >= 4 is 39.1 Å². The van der Waals surface area contributed by atoms with E-state index in [-0.39, 0.29) is 24.9 Å². The van der Waals surface area contributed by atoms with Crippen molar-refractivity contribution in [3.8, 4) is 0 Å². The summed E-state index contributed by atoms with van der Waals surface area (Å²) in [7, 11) is -3.81. The summed E-state index contributed by atoms with van der Waals surface area (Å²) in [5.41, 5.74) is 2.73. The number of para-hydroxylation sites is 1. The van der Waals surface area contributed by atoms with Gasteiger partial charge in [0.1, 0.15) is 12.6 Å². The van der Waals surface area contributed by atoms with Crippen molar-refractivity contribution in [3.05, 3.63) is 101 Å². The number of rotatable bonds is 11. The van der Waals surface area contributed by atoms with Gasteiger partial charge in [0.15, 0.2) is 0 Å². The van der Waals surface area contributed by atoms with Gasteiger partial charge in [0.05, 0.1) is 11.9 Å². The molecule has 3 aromatic carbocycles. The number of hydrogen-bond donors (Lipinski definition) is 1. The summed E-state index contributed by atoms with van der Waals surface area (Å²) in [6, 6.07) is 22.4. The van der Waals surface area contributed by atoms with E-state index in [4.69, 9.17) is 11.6 Å². The summed E-state index contributed by atoms with van der Waals surface area (Å²) in [4.78, 5) is 29.0. The summed E-state index contributed by atoms with van der Waals surface area (Å²) < 4.78 is 26.8. The first-order valence-electron chi connectivity index (χ1n) is 12.4. The highest BCUT2D eigenvalue weighted by Crippen LogP contribution is 2.24. The molecule has 0 unspecified atom stereocenters. The van der Waals surface area contributed by atoms with Gasteiger partial charge in [-0.15, -0.1) is 0 Å². The van der Waals surface area contributed by atoms with Crippen LogP contribution in [0.1, 0.15) is 30.5 Å². The monoisotopic (exact) mass is 555 g/mol. The fourth-order valence-electron chi connectivity index (χ4n) is 4.20. The lowest BCUT2D eigenvalue weighted by molar-refractivity contribution is -0.140. The minimum absolute atomic E-state index is 0.0772. The van der Waals surface area contributed by atoms with Crippen LogP contribution in [0.15, 0.2) is 78.9 Å². The predicted octanol–water partition coefficient (Wildman–Crippen LogP) is 4.58. The Bertz CT molecular complexity index is 1360. The number of halogens is 1. The van der Waals surface area contributed by atoms with Gasteiger partial charge in [-0.2, -0.15) is 0 Å². The van der Waals surface area contributed by atoms with Crippen LogP contribution in [-0.4, -0.2) is 50.0 Å². The molecule has 1 atom stereocenters. The lowest BCUT2D eigenvalue weighted by atomic mass is 10.0. The number of anilines is 1. The topological polar surface area (TPSA) is 86.8 Å². The van der Waals surface area contributed by atoms with Gasteiger partial charge in [0, 0.05) is 24.0 Å². The van der Waals surface area contributed by atoms with Crippen LogP contribution < -0.4 is 9.62 Å². The first-order valence-corrected chi connectivity index (χ1v) is 14.6. The molecule has 0 saturated heterocycles. The molecule has 0 spiro atoms. The van der Waals surface area contributed by atoms with E-state index >= 15 is 0 Å². The number of amides is 2. The molecule has 9 heteroatoms. The second kappa shape index (κ2) is 12.9. The van der Waals surface area contributed by atoms with Crippen LogP contribution in [0.3, 0.4) is 0 Å². The summed E-state index contributed by atoms with van der Waals surface area (Å²) in [6.45, 7) is 5.11. The van der Waals surface area contributed by atoms with Gasteiger partial charge >= 0.3 is 0 Å². The van der Waals surface area contributed by atoms with Crippen LogP contribution in [0.2, 0.25) is 5.02 Å². The van der Waals surface area contributed by atoms with E-state index in [1.165, 1.54) is 4.90 Å². The van der Waals surface area contributed by atoms with Crippen LogP contribution in [0, 0.1) is 6.92 Å². The lowest BCUT2D eigenvalue weighted by Gasteiger charge is -2.34. The minimum Gasteiger partial charge on any atom is -0.352 e. The largest absolute Gasteiger partial charge is 0.352 e. The predicted molar refractivity (Wildman–Crippen MR) is 153 cm³/mol. The van der Waals surface area contributed by atoms with Crippen LogP contribution in [0.4, 0.5) is 5.69 Å². The van der Waals surface area contributed by atoms with Crippen molar-refractivity contribution < 1.29 is 18.0 Å². The van der Waals surface area contributed by atoms with Gasteiger partial charge < -0.3 is 10.2 Å². The Morgan fingerprint density at radius 3 is 2.16 bits per heavy atom. The Balaban J connectivity index is 2.07. The van der Waals surface area contributed by atoms with Gasteiger partial charge in [0.2, 0.25) is 21.8 Å². The molecular weight excluding hydrogens is 522 g/mol. The molecule has 38 heavy (non-hydrogen) atoms. The third-order valence-electron chi connectivity index (χ3n) is 6.01. The number of benzene rings is 3. The molecule has 3 aromatic rings. The minimum atomic E-state index is -3.81. The van der Waals surface area contributed by atoms with Gasteiger partial charge in [-0.3, -0.25) is 13.9 Å². The van der Waals surface area contributed by atoms with Crippen molar-refractivity contribution in [3.63, 3.8) is 0 Å². The van der Waals surface area contributed by atoms with Crippen molar-refractivity contribution in [1.29, 1.82) is 0 Å². The maximum absolute atomic E-state index is 14.0. The Kier molecular flexibility index (Phi) is 9.94. The quantitative estimate of drug-likeness (QED) is 0.375. The van der Waals surface area contributed by atoms with E-state index in [9.17, 15) is 18.0 Å². The third kappa shape index (κ3) is 8.07. The highest BCUT2D eigenvalue weighted by Gasteiger charge is 2.33. The normalized spacial score (nSPS) is 12.2. The molecule has 2 amide bonds. The smallest absolute Gasteiger partial charge is 0.244 e. The number of nitrogens with one attached hydrogen (secondary N) is 1. The molecule has 0 fully saturated rings.